The lowest BCUT2D eigenvalue weighted by Gasteiger charge is -2.10. The Balaban J connectivity index is 1.85. The number of halogens is 3. The van der Waals surface area contributed by atoms with Gasteiger partial charge in [0, 0.05) is 18.3 Å². The van der Waals surface area contributed by atoms with Crippen LogP contribution in [-0.4, -0.2) is 15.5 Å². The summed E-state index contributed by atoms with van der Waals surface area (Å²) in [6, 6.07) is 9.45. The summed E-state index contributed by atoms with van der Waals surface area (Å²) < 4.78 is 39.9. The summed E-state index contributed by atoms with van der Waals surface area (Å²) >= 11 is 0. The van der Waals surface area contributed by atoms with Crippen LogP contribution in [0.4, 0.5) is 18.9 Å². The highest BCUT2D eigenvalue weighted by Crippen LogP contribution is 2.30. The molecule has 1 amide bonds. The Morgan fingerprint density at radius 3 is 2.70 bits per heavy atom. The molecule has 0 unspecified atom stereocenters. The number of imidazole rings is 1. The molecule has 2 aromatic carbocycles. The Labute approximate surface area is 129 Å². The first-order valence-electron chi connectivity index (χ1n) is 6.74. The molecule has 0 saturated heterocycles. The van der Waals surface area contributed by atoms with Crippen LogP contribution in [0.25, 0.3) is 11.0 Å². The molecule has 1 N–H and O–H groups in total. The Morgan fingerprint density at radius 2 is 1.96 bits per heavy atom. The Kier molecular flexibility index (Phi) is 3.55. The number of carbonyl (C=O) groups is 1. The molecule has 0 aliphatic rings. The van der Waals surface area contributed by atoms with Crippen LogP contribution in [0.1, 0.15) is 15.9 Å². The molecule has 3 aromatic rings. The lowest BCUT2D eigenvalue weighted by atomic mass is 10.1. The Morgan fingerprint density at radius 1 is 1.17 bits per heavy atom. The monoisotopic (exact) mass is 319 g/mol. The van der Waals surface area contributed by atoms with Crippen LogP contribution in [0.3, 0.4) is 0 Å². The third-order valence-corrected chi connectivity index (χ3v) is 3.44. The van der Waals surface area contributed by atoms with E-state index >= 15 is 0 Å². The summed E-state index contributed by atoms with van der Waals surface area (Å²) in [6.07, 6.45) is -2.83. The van der Waals surface area contributed by atoms with E-state index < -0.39 is 17.6 Å². The zero-order valence-corrected chi connectivity index (χ0v) is 12.1. The van der Waals surface area contributed by atoms with Crippen molar-refractivity contribution in [3.8, 4) is 0 Å². The average Bonchev–Trinajstić information content (AvgIpc) is 2.87. The quantitative estimate of drug-likeness (QED) is 0.780. The number of hydrogen-bond donors (Lipinski definition) is 1. The first kappa shape index (κ1) is 15.1. The number of rotatable bonds is 2. The molecule has 0 atom stereocenters. The standard InChI is InChI=1S/C16H12F3N3O/c1-22-9-20-13-7-10(5-6-14(13)22)15(23)21-12-4-2-3-11(8-12)16(17,18)19/h2-9H,1H3,(H,21,23). The summed E-state index contributed by atoms with van der Waals surface area (Å²) in [5.74, 6) is -0.489. The van der Waals surface area contributed by atoms with Gasteiger partial charge >= 0.3 is 6.18 Å². The van der Waals surface area contributed by atoms with Crippen molar-refractivity contribution in [2.24, 2.45) is 7.05 Å². The van der Waals surface area contributed by atoms with Crippen molar-refractivity contribution < 1.29 is 18.0 Å². The van der Waals surface area contributed by atoms with Gasteiger partial charge < -0.3 is 9.88 Å². The van der Waals surface area contributed by atoms with E-state index in [1.165, 1.54) is 12.1 Å². The maximum Gasteiger partial charge on any atom is 0.416 e. The summed E-state index contributed by atoms with van der Waals surface area (Å²) in [6.45, 7) is 0. The summed E-state index contributed by atoms with van der Waals surface area (Å²) in [7, 11) is 1.83. The van der Waals surface area contributed by atoms with E-state index in [1.807, 2.05) is 11.6 Å². The van der Waals surface area contributed by atoms with Crippen LogP contribution in [0.15, 0.2) is 48.8 Å². The number of anilines is 1. The first-order chi connectivity index (χ1) is 10.8. The molecule has 7 heteroatoms. The van der Waals surface area contributed by atoms with Crippen LogP contribution in [-0.2, 0) is 13.2 Å². The van der Waals surface area contributed by atoms with E-state index in [1.54, 1.807) is 24.5 Å². The summed E-state index contributed by atoms with van der Waals surface area (Å²) in [5.41, 5.74) is 1.11. The number of alkyl halides is 3. The van der Waals surface area contributed by atoms with Crippen molar-refractivity contribution in [3.63, 3.8) is 0 Å². The highest BCUT2D eigenvalue weighted by molar-refractivity contribution is 6.05. The second-order valence-corrected chi connectivity index (χ2v) is 5.09. The molecule has 0 spiro atoms. The summed E-state index contributed by atoms with van der Waals surface area (Å²) in [5, 5.41) is 2.47. The fourth-order valence-corrected chi connectivity index (χ4v) is 2.25. The van der Waals surface area contributed by atoms with Gasteiger partial charge in [-0.3, -0.25) is 4.79 Å². The van der Waals surface area contributed by atoms with Crippen LogP contribution >= 0.6 is 0 Å². The fourth-order valence-electron chi connectivity index (χ4n) is 2.25. The molecule has 3 rings (SSSR count). The maximum absolute atomic E-state index is 12.7. The van der Waals surface area contributed by atoms with Gasteiger partial charge in [-0.1, -0.05) is 6.07 Å². The lowest BCUT2D eigenvalue weighted by molar-refractivity contribution is -0.137. The molecule has 1 aromatic heterocycles. The number of hydrogen-bond acceptors (Lipinski definition) is 2. The minimum atomic E-state index is -4.45. The van der Waals surface area contributed by atoms with Crippen LogP contribution in [0.2, 0.25) is 0 Å². The SMILES string of the molecule is Cn1cnc2cc(C(=O)Nc3cccc(C(F)(F)F)c3)ccc21. The molecular formula is C16H12F3N3O. The molecular weight excluding hydrogens is 307 g/mol. The maximum atomic E-state index is 12.7. The van der Waals surface area contributed by atoms with Gasteiger partial charge in [-0.25, -0.2) is 4.98 Å². The van der Waals surface area contributed by atoms with Gasteiger partial charge in [0.15, 0.2) is 0 Å². The molecule has 0 fully saturated rings. The van der Waals surface area contributed by atoms with Crippen molar-refractivity contribution >= 4 is 22.6 Å². The van der Waals surface area contributed by atoms with Gasteiger partial charge in [-0.15, -0.1) is 0 Å². The topological polar surface area (TPSA) is 46.9 Å². The highest BCUT2D eigenvalue weighted by atomic mass is 19.4. The average molecular weight is 319 g/mol. The second-order valence-electron chi connectivity index (χ2n) is 5.09. The normalized spacial score (nSPS) is 11.7. The zero-order valence-electron chi connectivity index (χ0n) is 12.1. The van der Waals surface area contributed by atoms with Crippen LogP contribution < -0.4 is 5.32 Å². The molecule has 1 heterocycles. The highest BCUT2D eigenvalue weighted by Gasteiger charge is 2.30. The number of carbonyl (C=O) groups excluding carboxylic acids is 1. The molecule has 118 valence electrons. The summed E-state index contributed by atoms with van der Waals surface area (Å²) in [4.78, 5) is 16.3. The molecule has 0 aliphatic carbocycles. The molecule has 0 saturated carbocycles. The van der Waals surface area contributed by atoms with Crippen molar-refractivity contribution in [1.82, 2.24) is 9.55 Å². The fraction of sp³-hybridized carbons (Fsp3) is 0.125. The molecule has 0 aliphatic heterocycles. The lowest BCUT2D eigenvalue weighted by Crippen LogP contribution is -2.13. The second kappa shape index (κ2) is 5.42. The number of aryl methyl sites for hydroxylation is 1. The third-order valence-electron chi connectivity index (χ3n) is 3.44. The van der Waals surface area contributed by atoms with Crippen molar-refractivity contribution in [2.45, 2.75) is 6.18 Å². The predicted octanol–water partition coefficient (Wildman–Crippen LogP) is 3.84. The number of nitrogens with zero attached hydrogens (tertiary/aromatic N) is 2. The van der Waals surface area contributed by atoms with Gasteiger partial charge in [0.05, 0.1) is 22.9 Å². The number of fused-ring (bicyclic) bond motifs is 1. The van der Waals surface area contributed by atoms with Gasteiger partial charge in [0.1, 0.15) is 0 Å². The van der Waals surface area contributed by atoms with Gasteiger partial charge in [-0.05, 0) is 36.4 Å². The third kappa shape index (κ3) is 3.03. The van der Waals surface area contributed by atoms with Crippen LogP contribution in [0, 0.1) is 0 Å². The molecule has 23 heavy (non-hydrogen) atoms. The zero-order chi connectivity index (χ0) is 16.6. The van der Waals surface area contributed by atoms with E-state index in [2.05, 4.69) is 10.3 Å². The Hall–Kier alpha value is -2.83. The largest absolute Gasteiger partial charge is 0.416 e. The Bertz CT molecular complexity index is 884. The number of benzene rings is 2. The predicted molar refractivity (Wildman–Crippen MR) is 80.1 cm³/mol. The van der Waals surface area contributed by atoms with Crippen LogP contribution in [0.5, 0.6) is 0 Å². The molecule has 4 nitrogen and oxygen atoms in total. The van der Waals surface area contributed by atoms with E-state index in [0.29, 0.717) is 11.1 Å². The van der Waals surface area contributed by atoms with E-state index in [9.17, 15) is 18.0 Å². The van der Waals surface area contributed by atoms with E-state index in [-0.39, 0.29) is 5.69 Å². The van der Waals surface area contributed by atoms with E-state index in [4.69, 9.17) is 0 Å². The minimum absolute atomic E-state index is 0.0888. The van der Waals surface area contributed by atoms with Gasteiger partial charge in [-0.2, -0.15) is 13.2 Å². The number of nitrogens with one attached hydrogen (secondary N) is 1. The van der Waals surface area contributed by atoms with Crippen molar-refractivity contribution in [2.75, 3.05) is 5.32 Å². The van der Waals surface area contributed by atoms with E-state index in [0.717, 1.165) is 17.6 Å². The number of amides is 1. The van der Waals surface area contributed by atoms with Crippen molar-refractivity contribution in [3.05, 3.63) is 59.9 Å². The van der Waals surface area contributed by atoms with Gasteiger partial charge in [0.2, 0.25) is 0 Å². The minimum Gasteiger partial charge on any atom is -0.334 e. The molecule has 0 radical (unpaired) electrons. The number of aromatic nitrogens is 2. The van der Waals surface area contributed by atoms with Crippen molar-refractivity contribution in [1.29, 1.82) is 0 Å². The smallest absolute Gasteiger partial charge is 0.334 e. The first-order valence-corrected chi connectivity index (χ1v) is 6.74. The molecule has 0 bridgehead atoms. The van der Waals surface area contributed by atoms with Gasteiger partial charge in [0.25, 0.3) is 5.91 Å².